The predicted molar refractivity (Wildman–Crippen MR) is 88.1 cm³/mol. The molecule has 1 aromatic rings. The van der Waals surface area contributed by atoms with Gasteiger partial charge in [-0.25, -0.2) is 0 Å². The number of nitrogens with zero attached hydrogens (tertiary/aromatic N) is 1. The second kappa shape index (κ2) is 9.03. The van der Waals surface area contributed by atoms with Crippen molar-refractivity contribution in [3.05, 3.63) is 35.4 Å². The molecule has 4 heteroatoms. The van der Waals surface area contributed by atoms with E-state index in [9.17, 15) is 4.79 Å². The van der Waals surface area contributed by atoms with Crippen LogP contribution in [0, 0.1) is 6.92 Å². The lowest BCUT2D eigenvalue weighted by Crippen LogP contribution is -2.41. The Kier molecular flexibility index (Phi) is 7.70. The topological polar surface area (TPSA) is 32.3 Å². The second-order valence-corrected chi connectivity index (χ2v) is 6.43. The van der Waals surface area contributed by atoms with E-state index in [0.29, 0.717) is 0 Å². The van der Waals surface area contributed by atoms with Gasteiger partial charge in [0, 0.05) is 12.3 Å². The third-order valence-corrected chi connectivity index (χ3v) is 4.38. The maximum Gasteiger partial charge on any atom is 0.237 e. The number of likely N-dealkylation sites (N-methyl/N-ethyl adjacent to an activating group) is 1. The molecule has 0 aliphatic heterocycles. The Bertz CT molecular complexity index is 421. The molecule has 0 aliphatic carbocycles. The van der Waals surface area contributed by atoms with Crippen LogP contribution in [0.1, 0.15) is 24.5 Å². The van der Waals surface area contributed by atoms with Crippen LogP contribution in [0.25, 0.3) is 0 Å². The number of aryl methyl sites for hydroxylation is 1. The summed E-state index contributed by atoms with van der Waals surface area (Å²) in [6.07, 6.45) is 1.02. The zero-order chi connectivity index (χ0) is 15.0. The maximum absolute atomic E-state index is 11.7. The smallest absolute Gasteiger partial charge is 0.237 e. The summed E-state index contributed by atoms with van der Waals surface area (Å²) >= 11 is 1.92. The molecule has 0 bridgehead atoms. The number of hydrogen-bond acceptors (Lipinski definition) is 3. The molecule has 0 fully saturated rings. The summed E-state index contributed by atoms with van der Waals surface area (Å²) in [7, 11) is 3.84. The van der Waals surface area contributed by atoms with Gasteiger partial charge in [0.15, 0.2) is 0 Å². The average molecular weight is 294 g/mol. The fourth-order valence-electron chi connectivity index (χ4n) is 1.76. The zero-order valence-corrected chi connectivity index (χ0v) is 13.8. The molecule has 0 saturated heterocycles. The van der Waals surface area contributed by atoms with Crippen molar-refractivity contribution in [2.24, 2.45) is 0 Å². The lowest BCUT2D eigenvalue weighted by molar-refractivity contribution is -0.124. The van der Waals surface area contributed by atoms with Crippen LogP contribution in [-0.2, 0) is 10.5 Å². The van der Waals surface area contributed by atoms with Gasteiger partial charge in [-0.2, -0.15) is 11.8 Å². The number of hydrogen-bond donors (Lipinski definition) is 1. The SMILES string of the molecule is Cc1cccc(CSCCCNC(=O)C(C)N(C)C)c1. The van der Waals surface area contributed by atoms with Crippen LogP contribution in [0.4, 0.5) is 0 Å². The minimum Gasteiger partial charge on any atom is -0.355 e. The quantitative estimate of drug-likeness (QED) is 0.748. The largest absolute Gasteiger partial charge is 0.355 e. The van der Waals surface area contributed by atoms with Gasteiger partial charge in [0.05, 0.1) is 6.04 Å². The van der Waals surface area contributed by atoms with Gasteiger partial charge in [-0.15, -0.1) is 0 Å². The molecule has 0 aliphatic rings. The fourth-order valence-corrected chi connectivity index (χ4v) is 2.67. The first-order chi connectivity index (χ1) is 9.50. The molecule has 20 heavy (non-hydrogen) atoms. The molecule has 112 valence electrons. The summed E-state index contributed by atoms with van der Waals surface area (Å²) in [5.74, 6) is 2.23. The summed E-state index contributed by atoms with van der Waals surface area (Å²) in [6.45, 7) is 4.80. The lowest BCUT2D eigenvalue weighted by Gasteiger charge is -2.18. The number of rotatable bonds is 8. The number of amides is 1. The Labute approximate surface area is 127 Å². The van der Waals surface area contributed by atoms with Gasteiger partial charge >= 0.3 is 0 Å². The third kappa shape index (κ3) is 6.44. The minimum absolute atomic E-state index is 0.0602. The molecular formula is C16H26N2OS. The first-order valence-corrected chi connectivity index (χ1v) is 8.23. The van der Waals surface area contributed by atoms with Crippen LogP contribution in [-0.4, -0.2) is 43.2 Å². The van der Waals surface area contributed by atoms with Crippen molar-refractivity contribution in [1.29, 1.82) is 0 Å². The predicted octanol–water partition coefficient (Wildman–Crippen LogP) is 2.68. The van der Waals surface area contributed by atoms with Gasteiger partial charge in [0.25, 0.3) is 0 Å². The summed E-state index contributed by atoms with van der Waals surface area (Å²) in [6, 6.07) is 8.56. The van der Waals surface area contributed by atoms with Crippen LogP contribution in [0.5, 0.6) is 0 Å². The Morgan fingerprint density at radius 3 is 2.80 bits per heavy atom. The van der Waals surface area contributed by atoms with E-state index in [4.69, 9.17) is 0 Å². The number of nitrogens with one attached hydrogen (secondary N) is 1. The van der Waals surface area contributed by atoms with E-state index in [1.54, 1.807) is 0 Å². The highest BCUT2D eigenvalue weighted by Gasteiger charge is 2.13. The zero-order valence-electron chi connectivity index (χ0n) is 13.0. The van der Waals surface area contributed by atoms with Crippen molar-refractivity contribution in [3.63, 3.8) is 0 Å². The molecule has 0 saturated carbocycles. The lowest BCUT2D eigenvalue weighted by atomic mass is 10.2. The normalized spacial score (nSPS) is 12.4. The van der Waals surface area contributed by atoms with Gasteiger partial charge < -0.3 is 5.32 Å². The van der Waals surface area contributed by atoms with E-state index in [1.165, 1.54) is 11.1 Å². The molecule has 0 heterocycles. The van der Waals surface area contributed by atoms with Gasteiger partial charge in [-0.3, -0.25) is 9.69 Å². The van der Waals surface area contributed by atoms with Gasteiger partial charge in [-0.05, 0) is 45.7 Å². The van der Waals surface area contributed by atoms with Gasteiger partial charge in [-0.1, -0.05) is 29.8 Å². The Morgan fingerprint density at radius 2 is 2.15 bits per heavy atom. The molecule has 1 rings (SSSR count). The van der Waals surface area contributed by atoms with Crippen LogP contribution >= 0.6 is 11.8 Å². The van der Waals surface area contributed by atoms with Gasteiger partial charge in [0.1, 0.15) is 0 Å². The molecular weight excluding hydrogens is 268 g/mol. The Morgan fingerprint density at radius 1 is 1.40 bits per heavy atom. The fraction of sp³-hybridized carbons (Fsp3) is 0.562. The van der Waals surface area contributed by atoms with Crippen molar-refractivity contribution < 1.29 is 4.79 Å². The van der Waals surface area contributed by atoms with Crippen LogP contribution < -0.4 is 5.32 Å². The van der Waals surface area contributed by atoms with Crippen LogP contribution in [0.2, 0.25) is 0 Å². The molecule has 0 aromatic heterocycles. The number of carbonyl (C=O) groups is 1. The van der Waals surface area contributed by atoms with E-state index in [2.05, 4.69) is 36.5 Å². The molecule has 1 atom stereocenters. The van der Waals surface area contributed by atoms with Crippen molar-refractivity contribution >= 4 is 17.7 Å². The highest BCUT2D eigenvalue weighted by molar-refractivity contribution is 7.98. The minimum atomic E-state index is -0.0602. The molecule has 0 spiro atoms. The first kappa shape index (κ1) is 17.1. The monoisotopic (exact) mass is 294 g/mol. The van der Waals surface area contributed by atoms with Crippen molar-refractivity contribution in [2.45, 2.75) is 32.1 Å². The third-order valence-electron chi connectivity index (χ3n) is 3.27. The Balaban J connectivity index is 2.09. The summed E-state index contributed by atoms with van der Waals surface area (Å²) < 4.78 is 0. The van der Waals surface area contributed by atoms with Crippen molar-refractivity contribution in [1.82, 2.24) is 10.2 Å². The summed E-state index contributed by atoms with van der Waals surface area (Å²) in [5, 5.41) is 2.98. The molecule has 0 radical (unpaired) electrons. The summed E-state index contributed by atoms with van der Waals surface area (Å²) in [4.78, 5) is 13.6. The summed E-state index contributed by atoms with van der Waals surface area (Å²) in [5.41, 5.74) is 2.69. The molecule has 1 amide bonds. The number of thioether (sulfide) groups is 1. The molecule has 3 nitrogen and oxygen atoms in total. The van der Waals surface area contributed by atoms with Gasteiger partial charge in [0.2, 0.25) is 5.91 Å². The molecule has 1 aromatic carbocycles. The average Bonchev–Trinajstić information content (AvgIpc) is 2.41. The van der Waals surface area contributed by atoms with Crippen LogP contribution in [0.15, 0.2) is 24.3 Å². The number of carbonyl (C=O) groups excluding carboxylic acids is 1. The first-order valence-electron chi connectivity index (χ1n) is 7.08. The van der Waals surface area contributed by atoms with E-state index < -0.39 is 0 Å². The highest BCUT2D eigenvalue weighted by atomic mass is 32.2. The van der Waals surface area contributed by atoms with E-state index in [-0.39, 0.29) is 11.9 Å². The van der Waals surface area contributed by atoms with E-state index >= 15 is 0 Å². The van der Waals surface area contributed by atoms with Crippen LogP contribution in [0.3, 0.4) is 0 Å². The van der Waals surface area contributed by atoms with E-state index in [1.807, 2.05) is 37.7 Å². The number of benzene rings is 1. The molecule has 1 unspecified atom stereocenters. The Hall–Kier alpha value is -1.00. The van der Waals surface area contributed by atoms with Crippen molar-refractivity contribution in [2.75, 3.05) is 26.4 Å². The maximum atomic E-state index is 11.7. The second-order valence-electron chi connectivity index (χ2n) is 5.33. The van der Waals surface area contributed by atoms with E-state index in [0.717, 1.165) is 24.5 Å². The molecule has 1 N–H and O–H groups in total. The standard InChI is InChI=1S/C16H26N2OS/c1-13-7-5-8-15(11-13)12-20-10-6-9-17-16(19)14(2)18(3)4/h5,7-8,11,14H,6,9-10,12H2,1-4H3,(H,17,19). The van der Waals surface area contributed by atoms with Crippen molar-refractivity contribution in [3.8, 4) is 0 Å². The highest BCUT2D eigenvalue weighted by Crippen LogP contribution is 2.13.